The van der Waals surface area contributed by atoms with E-state index in [0.29, 0.717) is 0 Å². The van der Waals surface area contributed by atoms with Gasteiger partial charge in [-0.05, 0) is 62.5 Å². The third-order valence-corrected chi connectivity index (χ3v) is 4.25. The minimum absolute atomic E-state index is 0.274. The van der Waals surface area contributed by atoms with Crippen molar-refractivity contribution in [3.63, 3.8) is 0 Å². The van der Waals surface area contributed by atoms with Gasteiger partial charge in [0.1, 0.15) is 0 Å². The molecule has 0 bridgehead atoms. The molecule has 0 N–H and O–H groups in total. The lowest BCUT2D eigenvalue weighted by Gasteiger charge is -2.45. The fourth-order valence-electron chi connectivity index (χ4n) is 2.86. The molecular weight excluding hydrogens is 198 g/mol. The Morgan fingerprint density at radius 1 is 1.06 bits per heavy atom. The number of allylic oxidation sites excluding steroid dienone is 2. The average molecular weight is 222 g/mol. The Balaban J connectivity index is 1.89. The van der Waals surface area contributed by atoms with Gasteiger partial charge in [-0.25, -0.2) is 0 Å². The molecule has 0 aromatic rings. The quantitative estimate of drug-likeness (QED) is 0.658. The molecule has 2 aliphatic rings. The highest BCUT2D eigenvalue weighted by molar-refractivity contribution is 5.08. The molecule has 0 spiro atoms. The molecule has 2 nitrogen and oxygen atoms in total. The molecule has 0 aromatic heterocycles. The first-order valence-corrected chi connectivity index (χ1v) is 6.82. The first-order valence-electron chi connectivity index (χ1n) is 6.82. The summed E-state index contributed by atoms with van der Waals surface area (Å²) in [5.74, 6) is 1.59. The standard InChI is InChI=1S/C14H24NO/c1-11-3-7-13(8-4-11)15(16)14-9-5-12(2)6-10-14/h7,11-12,14H,3-6,8-10H2,1-2H3/q-1. The Morgan fingerprint density at radius 3 is 2.31 bits per heavy atom. The zero-order valence-electron chi connectivity index (χ0n) is 10.6. The van der Waals surface area contributed by atoms with Crippen LogP contribution in [0.15, 0.2) is 11.8 Å². The van der Waals surface area contributed by atoms with Crippen LogP contribution in [0.2, 0.25) is 0 Å². The smallest absolute Gasteiger partial charge is 0.0171 e. The molecule has 0 radical (unpaired) electrons. The summed E-state index contributed by atoms with van der Waals surface area (Å²) in [6.07, 6.45) is 10.1. The minimum Gasteiger partial charge on any atom is -0.758 e. The maximum absolute atomic E-state index is 12.2. The van der Waals surface area contributed by atoms with E-state index in [4.69, 9.17) is 0 Å². The monoisotopic (exact) mass is 222 g/mol. The van der Waals surface area contributed by atoms with Crippen LogP contribution in [0.5, 0.6) is 0 Å². The normalized spacial score (nSPS) is 35.7. The molecule has 92 valence electrons. The van der Waals surface area contributed by atoms with Crippen LogP contribution < -0.4 is 0 Å². The van der Waals surface area contributed by atoms with E-state index in [1.54, 1.807) is 0 Å². The van der Waals surface area contributed by atoms with Crippen LogP contribution in [0.1, 0.15) is 58.8 Å². The summed E-state index contributed by atoms with van der Waals surface area (Å²) in [4.78, 5) is 0. The summed E-state index contributed by atoms with van der Waals surface area (Å²) < 4.78 is 0. The highest BCUT2D eigenvalue weighted by Gasteiger charge is 2.21. The summed E-state index contributed by atoms with van der Waals surface area (Å²) in [5.41, 5.74) is 1.07. The highest BCUT2D eigenvalue weighted by Crippen LogP contribution is 2.32. The molecule has 2 aliphatic carbocycles. The van der Waals surface area contributed by atoms with E-state index in [9.17, 15) is 5.21 Å². The van der Waals surface area contributed by atoms with Gasteiger partial charge in [-0.15, -0.1) is 0 Å². The lowest BCUT2D eigenvalue weighted by atomic mass is 9.86. The SMILES string of the molecule is CC1CC=C(N([O-])C2CCC(C)CC2)CC1. The van der Waals surface area contributed by atoms with Crippen molar-refractivity contribution in [2.75, 3.05) is 0 Å². The van der Waals surface area contributed by atoms with Gasteiger partial charge in [-0.2, -0.15) is 0 Å². The number of nitrogens with zero attached hydrogens (tertiary/aromatic N) is 1. The van der Waals surface area contributed by atoms with Gasteiger partial charge >= 0.3 is 0 Å². The fourth-order valence-corrected chi connectivity index (χ4v) is 2.86. The third kappa shape index (κ3) is 2.79. The summed E-state index contributed by atoms with van der Waals surface area (Å²) >= 11 is 0. The van der Waals surface area contributed by atoms with E-state index in [1.807, 2.05) is 0 Å². The summed E-state index contributed by atoms with van der Waals surface area (Å²) in [7, 11) is 0. The molecule has 1 saturated carbocycles. The van der Waals surface area contributed by atoms with E-state index >= 15 is 0 Å². The van der Waals surface area contributed by atoms with Crippen molar-refractivity contribution >= 4 is 0 Å². The zero-order valence-corrected chi connectivity index (χ0v) is 10.6. The van der Waals surface area contributed by atoms with Gasteiger partial charge in [0.05, 0.1) is 0 Å². The van der Waals surface area contributed by atoms with Crippen molar-refractivity contribution in [1.82, 2.24) is 5.06 Å². The van der Waals surface area contributed by atoms with Gasteiger partial charge < -0.3 is 10.3 Å². The number of hydrogen-bond donors (Lipinski definition) is 0. The molecule has 0 heterocycles. The predicted molar refractivity (Wildman–Crippen MR) is 67.7 cm³/mol. The molecule has 0 saturated heterocycles. The van der Waals surface area contributed by atoms with Gasteiger partial charge in [0, 0.05) is 6.04 Å². The molecule has 0 aliphatic heterocycles. The van der Waals surface area contributed by atoms with E-state index in [0.717, 1.165) is 43.2 Å². The van der Waals surface area contributed by atoms with Crippen molar-refractivity contribution in [2.24, 2.45) is 11.8 Å². The van der Waals surface area contributed by atoms with E-state index in [1.165, 1.54) is 24.3 Å². The Hall–Kier alpha value is -0.500. The molecular formula is C14H24NO-. The highest BCUT2D eigenvalue weighted by atomic mass is 16.5. The van der Waals surface area contributed by atoms with Crippen LogP contribution in [-0.2, 0) is 0 Å². The predicted octanol–water partition coefficient (Wildman–Crippen LogP) is 4.07. The van der Waals surface area contributed by atoms with Crippen molar-refractivity contribution < 1.29 is 0 Å². The second kappa shape index (κ2) is 5.22. The third-order valence-electron chi connectivity index (χ3n) is 4.25. The Morgan fingerprint density at radius 2 is 1.75 bits per heavy atom. The summed E-state index contributed by atoms with van der Waals surface area (Å²) in [6, 6.07) is 0.274. The lowest BCUT2D eigenvalue weighted by Crippen LogP contribution is -2.33. The molecule has 1 unspecified atom stereocenters. The summed E-state index contributed by atoms with van der Waals surface area (Å²) in [5, 5.41) is 13.6. The van der Waals surface area contributed by atoms with Crippen LogP contribution in [0, 0.1) is 17.0 Å². The Bertz CT molecular complexity index is 253. The lowest BCUT2D eigenvalue weighted by molar-refractivity contribution is 0.216. The number of hydroxylamine groups is 2. The van der Waals surface area contributed by atoms with Gasteiger partial charge in [0.2, 0.25) is 0 Å². The van der Waals surface area contributed by atoms with Crippen molar-refractivity contribution in [3.05, 3.63) is 17.0 Å². The second-order valence-electron chi connectivity index (χ2n) is 5.81. The Kier molecular flexibility index (Phi) is 3.91. The molecule has 2 rings (SSSR count). The van der Waals surface area contributed by atoms with Gasteiger partial charge in [-0.3, -0.25) is 0 Å². The minimum atomic E-state index is 0.274. The molecule has 0 amide bonds. The van der Waals surface area contributed by atoms with Gasteiger partial charge in [0.15, 0.2) is 0 Å². The van der Waals surface area contributed by atoms with Crippen LogP contribution in [0.4, 0.5) is 0 Å². The molecule has 0 aromatic carbocycles. The maximum Gasteiger partial charge on any atom is 0.0171 e. The van der Waals surface area contributed by atoms with Crippen LogP contribution in [-0.4, -0.2) is 11.1 Å². The van der Waals surface area contributed by atoms with Crippen molar-refractivity contribution in [1.29, 1.82) is 0 Å². The largest absolute Gasteiger partial charge is 0.758 e. The summed E-state index contributed by atoms with van der Waals surface area (Å²) in [6.45, 7) is 4.57. The topological polar surface area (TPSA) is 26.3 Å². The van der Waals surface area contributed by atoms with E-state index < -0.39 is 0 Å². The average Bonchev–Trinajstić information content (AvgIpc) is 2.30. The van der Waals surface area contributed by atoms with Crippen molar-refractivity contribution in [2.45, 2.75) is 64.8 Å². The van der Waals surface area contributed by atoms with Crippen LogP contribution in [0.3, 0.4) is 0 Å². The van der Waals surface area contributed by atoms with E-state index in [2.05, 4.69) is 19.9 Å². The maximum atomic E-state index is 12.2. The fraction of sp³-hybridized carbons (Fsp3) is 0.857. The van der Waals surface area contributed by atoms with E-state index in [-0.39, 0.29) is 6.04 Å². The molecule has 1 atom stereocenters. The van der Waals surface area contributed by atoms with Gasteiger partial charge in [-0.1, -0.05) is 19.9 Å². The van der Waals surface area contributed by atoms with Crippen LogP contribution >= 0.6 is 0 Å². The molecule has 1 fully saturated rings. The Labute approximate surface area is 99.3 Å². The van der Waals surface area contributed by atoms with Crippen LogP contribution in [0.25, 0.3) is 0 Å². The first-order chi connectivity index (χ1) is 7.66. The molecule has 2 heteroatoms. The second-order valence-corrected chi connectivity index (χ2v) is 5.81. The number of hydrogen-bond acceptors (Lipinski definition) is 2. The zero-order chi connectivity index (χ0) is 11.5. The molecule has 16 heavy (non-hydrogen) atoms. The first kappa shape index (κ1) is 12.0. The van der Waals surface area contributed by atoms with Crippen molar-refractivity contribution in [3.8, 4) is 0 Å². The van der Waals surface area contributed by atoms with Gasteiger partial charge in [0.25, 0.3) is 0 Å². The number of rotatable bonds is 2.